The minimum absolute atomic E-state index is 0.0816. The number of carbonyl (C=O) groups is 3. The lowest BCUT2D eigenvalue weighted by Gasteiger charge is -2.41. The molecule has 0 aromatic heterocycles. The second-order valence-corrected chi connectivity index (χ2v) is 7.91. The average Bonchev–Trinajstić information content (AvgIpc) is 3.51. The lowest BCUT2D eigenvalue weighted by atomic mass is 9.64. The highest BCUT2D eigenvalue weighted by atomic mass is 16.5. The fraction of sp³-hybridized carbons (Fsp3) is 0.348. The monoisotopic (exact) mass is 409 g/mol. The number of para-hydroxylation sites is 1. The number of amides is 1. The van der Waals surface area contributed by atoms with Crippen LogP contribution in [0.4, 0.5) is 0 Å². The second-order valence-electron chi connectivity index (χ2n) is 7.91. The number of nitrogens with zero attached hydrogens (tertiary/aromatic N) is 1. The van der Waals surface area contributed by atoms with E-state index in [0.717, 1.165) is 24.2 Å². The van der Waals surface area contributed by atoms with Gasteiger partial charge in [-0.2, -0.15) is 0 Å². The van der Waals surface area contributed by atoms with Crippen molar-refractivity contribution in [2.75, 3.05) is 0 Å². The van der Waals surface area contributed by atoms with Gasteiger partial charge in [-0.25, -0.2) is 0 Å². The molecule has 0 heterocycles. The summed E-state index contributed by atoms with van der Waals surface area (Å²) in [5.74, 6) is -4.13. The number of carbonyl (C=O) groups excluding carboxylic acids is 1. The minimum atomic E-state index is -1.22. The van der Waals surface area contributed by atoms with Crippen LogP contribution < -0.4 is 4.74 Å². The van der Waals surface area contributed by atoms with E-state index in [9.17, 15) is 24.6 Å². The summed E-state index contributed by atoms with van der Waals surface area (Å²) >= 11 is 0. The molecule has 7 heteroatoms. The van der Waals surface area contributed by atoms with Gasteiger partial charge < -0.3 is 19.8 Å². The zero-order valence-corrected chi connectivity index (χ0v) is 16.3. The summed E-state index contributed by atoms with van der Waals surface area (Å²) in [6.07, 6.45) is 1.85. The van der Waals surface area contributed by atoms with E-state index in [-0.39, 0.29) is 18.4 Å². The summed E-state index contributed by atoms with van der Waals surface area (Å²) in [5, 5.41) is 18.6. The number of aliphatic carboxylic acids is 2. The Labute approximate surface area is 173 Å². The predicted molar refractivity (Wildman–Crippen MR) is 107 cm³/mol. The summed E-state index contributed by atoms with van der Waals surface area (Å²) in [4.78, 5) is 37.5. The van der Waals surface area contributed by atoms with Gasteiger partial charge >= 0.3 is 11.9 Å². The largest absolute Gasteiger partial charge is 0.481 e. The summed E-state index contributed by atoms with van der Waals surface area (Å²) in [5.41, 5.74) is 0.914. The molecule has 1 amide bonds. The molecular weight excluding hydrogens is 386 g/mol. The molecule has 2 aromatic carbocycles. The van der Waals surface area contributed by atoms with E-state index in [4.69, 9.17) is 4.74 Å². The van der Waals surface area contributed by atoms with E-state index in [1.807, 2.05) is 54.6 Å². The van der Waals surface area contributed by atoms with Crippen molar-refractivity contribution in [3.8, 4) is 11.5 Å². The fourth-order valence-corrected chi connectivity index (χ4v) is 3.97. The number of hydrogen-bond donors (Lipinski definition) is 2. The molecule has 2 aliphatic rings. The quantitative estimate of drug-likeness (QED) is 0.693. The van der Waals surface area contributed by atoms with Crippen molar-refractivity contribution >= 4 is 17.8 Å². The molecule has 0 saturated heterocycles. The lowest BCUT2D eigenvalue weighted by molar-refractivity contribution is -0.172. The van der Waals surface area contributed by atoms with E-state index < -0.39 is 29.7 Å². The maximum atomic E-state index is 13.0. The normalized spacial score (nSPS) is 22.6. The second kappa shape index (κ2) is 8.18. The maximum absolute atomic E-state index is 13.0. The Bertz CT molecular complexity index is 938. The van der Waals surface area contributed by atoms with Crippen LogP contribution >= 0.6 is 0 Å². The van der Waals surface area contributed by atoms with E-state index in [2.05, 4.69) is 0 Å². The molecule has 2 N–H and O–H groups in total. The third-order valence-corrected chi connectivity index (χ3v) is 5.82. The zero-order valence-electron chi connectivity index (χ0n) is 16.3. The molecule has 2 aromatic rings. The molecule has 7 nitrogen and oxygen atoms in total. The van der Waals surface area contributed by atoms with Crippen LogP contribution in [-0.4, -0.2) is 39.0 Å². The van der Waals surface area contributed by atoms with Gasteiger partial charge in [0.25, 0.3) is 0 Å². The number of rotatable bonds is 8. The third-order valence-electron chi connectivity index (χ3n) is 5.82. The first-order valence-electron chi connectivity index (χ1n) is 10.0. The van der Waals surface area contributed by atoms with Crippen molar-refractivity contribution < 1.29 is 29.3 Å². The number of carboxylic acid groups (broad SMARTS) is 2. The number of carboxylic acids is 2. The Morgan fingerprint density at radius 3 is 2.07 bits per heavy atom. The van der Waals surface area contributed by atoms with Crippen molar-refractivity contribution in [3.05, 3.63) is 60.2 Å². The van der Waals surface area contributed by atoms with Gasteiger partial charge in [0, 0.05) is 12.6 Å². The van der Waals surface area contributed by atoms with Crippen LogP contribution in [0, 0.1) is 17.8 Å². The standard InChI is InChI=1S/C23H23NO6/c25-21(18-12-19(22(26)27)20(18)23(28)29)24(15-8-9-15)13-14-6-10-17(11-7-14)30-16-4-2-1-3-5-16/h1-7,10-11,15,18-20H,8-9,12-13H2,(H,26,27)(H,28,29). The summed E-state index contributed by atoms with van der Waals surface area (Å²) in [7, 11) is 0. The molecule has 0 spiro atoms. The van der Waals surface area contributed by atoms with Gasteiger partial charge in [0.15, 0.2) is 0 Å². The van der Waals surface area contributed by atoms with Crippen molar-refractivity contribution in [3.63, 3.8) is 0 Å². The van der Waals surface area contributed by atoms with Gasteiger partial charge in [0.1, 0.15) is 11.5 Å². The topological polar surface area (TPSA) is 104 Å². The molecule has 0 radical (unpaired) electrons. The highest BCUT2D eigenvalue weighted by Gasteiger charge is 2.55. The lowest BCUT2D eigenvalue weighted by Crippen LogP contribution is -2.53. The van der Waals surface area contributed by atoms with Crippen LogP contribution in [0.1, 0.15) is 24.8 Å². The molecule has 0 aliphatic heterocycles. The first-order valence-corrected chi connectivity index (χ1v) is 10.0. The molecule has 4 rings (SSSR count). The van der Waals surface area contributed by atoms with E-state index >= 15 is 0 Å². The zero-order chi connectivity index (χ0) is 21.3. The summed E-state index contributed by atoms with van der Waals surface area (Å²) in [6.45, 7) is 0.371. The van der Waals surface area contributed by atoms with Crippen LogP contribution in [0.15, 0.2) is 54.6 Å². The SMILES string of the molecule is O=C(O)C1CC(C(=O)N(Cc2ccc(Oc3ccccc3)cc2)C2CC2)C1C(=O)O. The van der Waals surface area contributed by atoms with E-state index in [1.165, 1.54) is 0 Å². The van der Waals surface area contributed by atoms with Crippen LogP contribution in [0.3, 0.4) is 0 Å². The van der Waals surface area contributed by atoms with Crippen molar-refractivity contribution in [2.45, 2.75) is 31.8 Å². The Kier molecular flexibility index (Phi) is 5.44. The van der Waals surface area contributed by atoms with Crippen molar-refractivity contribution in [1.29, 1.82) is 0 Å². The maximum Gasteiger partial charge on any atom is 0.308 e. The van der Waals surface area contributed by atoms with Crippen LogP contribution in [0.25, 0.3) is 0 Å². The average molecular weight is 409 g/mol. The van der Waals surface area contributed by atoms with Crippen molar-refractivity contribution in [1.82, 2.24) is 4.90 Å². The number of hydrogen-bond acceptors (Lipinski definition) is 4. The predicted octanol–water partition coefficient (Wildman–Crippen LogP) is 3.39. The third kappa shape index (κ3) is 4.15. The molecule has 3 atom stereocenters. The molecule has 2 fully saturated rings. The Morgan fingerprint density at radius 2 is 1.50 bits per heavy atom. The van der Waals surface area contributed by atoms with Crippen LogP contribution in [0.5, 0.6) is 11.5 Å². The van der Waals surface area contributed by atoms with Crippen LogP contribution in [-0.2, 0) is 20.9 Å². The Hall–Kier alpha value is -3.35. The van der Waals surface area contributed by atoms with Gasteiger partial charge in [-0.05, 0) is 49.1 Å². The highest BCUT2D eigenvalue weighted by molar-refractivity contribution is 5.91. The summed E-state index contributed by atoms with van der Waals surface area (Å²) in [6, 6.07) is 17.0. The first-order chi connectivity index (χ1) is 14.4. The fourth-order valence-electron chi connectivity index (χ4n) is 3.97. The molecule has 156 valence electrons. The Morgan fingerprint density at radius 1 is 0.867 bits per heavy atom. The van der Waals surface area contributed by atoms with Gasteiger partial charge in [0.05, 0.1) is 17.8 Å². The minimum Gasteiger partial charge on any atom is -0.481 e. The van der Waals surface area contributed by atoms with Gasteiger partial charge in [-0.15, -0.1) is 0 Å². The number of benzene rings is 2. The van der Waals surface area contributed by atoms with Crippen molar-refractivity contribution in [2.24, 2.45) is 17.8 Å². The Balaban J connectivity index is 1.43. The first kappa shape index (κ1) is 19.9. The number of ether oxygens (including phenoxy) is 1. The molecule has 2 aliphatic carbocycles. The molecule has 2 saturated carbocycles. The van der Waals surface area contributed by atoms with E-state index in [0.29, 0.717) is 12.3 Å². The molecule has 3 unspecified atom stereocenters. The molecule has 0 bridgehead atoms. The molecule has 30 heavy (non-hydrogen) atoms. The van der Waals surface area contributed by atoms with Gasteiger partial charge in [-0.1, -0.05) is 30.3 Å². The highest BCUT2D eigenvalue weighted by Crippen LogP contribution is 2.44. The summed E-state index contributed by atoms with van der Waals surface area (Å²) < 4.78 is 5.78. The van der Waals surface area contributed by atoms with Gasteiger partial charge in [-0.3, -0.25) is 14.4 Å². The smallest absolute Gasteiger partial charge is 0.308 e. The van der Waals surface area contributed by atoms with Crippen LogP contribution in [0.2, 0.25) is 0 Å². The van der Waals surface area contributed by atoms with Gasteiger partial charge in [0.2, 0.25) is 5.91 Å². The molecular formula is C23H23NO6. The van der Waals surface area contributed by atoms with E-state index in [1.54, 1.807) is 4.90 Å².